The molecule has 3 atom stereocenters. The quantitative estimate of drug-likeness (QED) is 0.808. The molecule has 2 rings (SSSR count). The number of likely N-dealkylation sites (N-methyl/N-ethyl adjacent to an activating group) is 2. The number of fused-ring (bicyclic) bond motifs is 1. The van der Waals surface area contributed by atoms with Gasteiger partial charge in [0.25, 0.3) is 5.91 Å². The average Bonchev–Trinajstić information content (AvgIpc) is 2.61. The number of hydrogen-bond donors (Lipinski definition) is 1. The van der Waals surface area contributed by atoms with Gasteiger partial charge >= 0.3 is 0 Å². The first kappa shape index (κ1) is 22.4. The number of benzene rings is 1. The van der Waals surface area contributed by atoms with Crippen molar-refractivity contribution in [2.75, 3.05) is 51.9 Å². The minimum atomic E-state index is -3.43. The Hall–Kier alpha value is -1.84. The third kappa shape index (κ3) is 5.83. The van der Waals surface area contributed by atoms with Crippen LogP contribution >= 0.6 is 0 Å². The molecule has 1 amide bonds. The van der Waals surface area contributed by atoms with E-state index < -0.39 is 10.0 Å². The van der Waals surface area contributed by atoms with Crippen molar-refractivity contribution >= 4 is 21.6 Å². The summed E-state index contributed by atoms with van der Waals surface area (Å²) in [6, 6.07) is 4.81. The van der Waals surface area contributed by atoms with E-state index in [0.29, 0.717) is 30.2 Å². The first-order valence-electron chi connectivity index (χ1n) is 9.25. The minimum absolute atomic E-state index is 0.0985. The van der Waals surface area contributed by atoms with Crippen molar-refractivity contribution in [1.82, 2.24) is 9.80 Å². The van der Waals surface area contributed by atoms with Gasteiger partial charge in [0, 0.05) is 39.4 Å². The molecule has 1 aromatic carbocycles. The number of amides is 1. The molecular formula is C19H31N3O5S. The van der Waals surface area contributed by atoms with Gasteiger partial charge in [0.1, 0.15) is 12.4 Å². The fraction of sp³-hybridized carbons (Fsp3) is 0.632. The molecule has 1 aliphatic rings. The van der Waals surface area contributed by atoms with E-state index >= 15 is 0 Å². The van der Waals surface area contributed by atoms with E-state index in [9.17, 15) is 13.2 Å². The van der Waals surface area contributed by atoms with Crippen molar-refractivity contribution in [3.63, 3.8) is 0 Å². The van der Waals surface area contributed by atoms with Gasteiger partial charge in [-0.2, -0.15) is 0 Å². The van der Waals surface area contributed by atoms with Crippen LogP contribution in [0.3, 0.4) is 0 Å². The number of carbonyl (C=O) groups excluding carboxylic acids is 1. The highest BCUT2D eigenvalue weighted by molar-refractivity contribution is 7.92. The summed E-state index contributed by atoms with van der Waals surface area (Å²) < 4.78 is 37.1. The molecule has 1 aromatic rings. The van der Waals surface area contributed by atoms with Crippen molar-refractivity contribution in [2.45, 2.75) is 26.0 Å². The van der Waals surface area contributed by atoms with Crippen LogP contribution in [0.25, 0.3) is 0 Å². The number of hydrogen-bond acceptors (Lipinski definition) is 6. The van der Waals surface area contributed by atoms with Crippen LogP contribution in [0.2, 0.25) is 0 Å². The molecule has 158 valence electrons. The highest BCUT2D eigenvalue weighted by atomic mass is 32.2. The smallest absolute Gasteiger partial charge is 0.257 e. The summed E-state index contributed by atoms with van der Waals surface area (Å²) in [6.07, 6.45) is 0.980. The van der Waals surface area contributed by atoms with Gasteiger partial charge in [0.05, 0.1) is 23.6 Å². The van der Waals surface area contributed by atoms with Gasteiger partial charge in [-0.1, -0.05) is 6.92 Å². The Morgan fingerprint density at radius 1 is 1.21 bits per heavy atom. The van der Waals surface area contributed by atoms with Gasteiger partial charge in [-0.15, -0.1) is 0 Å². The zero-order valence-electron chi connectivity index (χ0n) is 17.4. The second-order valence-electron chi connectivity index (χ2n) is 7.62. The number of nitrogens with zero attached hydrogens (tertiary/aromatic N) is 2. The molecule has 8 nitrogen and oxygen atoms in total. The van der Waals surface area contributed by atoms with Gasteiger partial charge in [0.15, 0.2) is 0 Å². The number of sulfonamides is 1. The van der Waals surface area contributed by atoms with E-state index in [-0.39, 0.29) is 24.0 Å². The summed E-state index contributed by atoms with van der Waals surface area (Å²) in [7, 11) is 1.99. The molecule has 1 heterocycles. The summed E-state index contributed by atoms with van der Waals surface area (Å²) in [5, 5.41) is 0. The minimum Gasteiger partial charge on any atom is -0.491 e. The van der Waals surface area contributed by atoms with Crippen molar-refractivity contribution in [3.8, 4) is 5.75 Å². The third-order valence-electron chi connectivity index (χ3n) is 5.06. The number of methoxy groups -OCH3 is 1. The lowest BCUT2D eigenvalue weighted by Crippen LogP contribution is -2.45. The average molecular weight is 414 g/mol. The van der Waals surface area contributed by atoms with Crippen molar-refractivity contribution in [3.05, 3.63) is 23.8 Å². The molecular weight excluding hydrogens is 382 g/mol. The fourth-order valence-corrected chi connectivity index (χ4v) is 3.79. The number of anilines is 1. The molecule has 0 fully saturated rings. The second kappa shape index (κ2) is 9.11. The molecule has 9 heteroatoms. The maximum absolute atomic E-state index is 13.0. The number of rotatable bonds is 3. The molecule has 0 radical (unpaired) electrons. The molecule has 0 saturated heterocycles. The molecule has 0 unspecified atom stereocenters. The largest absolute Gasteiger partial charge is 0.491 e. The summed E-state index contributed by atoms with van der Waals surface area (Å²) in [6.45, 7) is 5.77. The maximum atomic E-state index is 13.0. The molecule has 0 aromatic heterocycles. The van der Waals surface area contributed by atoms with E-state index in [0.717, 1.165) is 12.8 Å². The SMILES string of the molecule is CO[C@H]1CN(C)C(=O)c2ccc(NS(C)(=O)=O)cc2OC[C@H](C)N(C)C[C@@H]1C. The van der Waals surface area contributed by atoms with Crippen LogP contribution in [-0.4, -0.2) is 83.4 Å². The first-order chi connectivity index (χ1) is 13.0. The lowest BCUT2D eigenvalue weighted by atomic mass is 10.0. The van der Waals surface area contributed by atoms with Crippen LogP contribution in [0.5, 0.6) is 5.75 Å². The summed E-state index contributed by atoms with van der Waals surface area (Å²) >= 11 is 0. The Kier molecular flexibility index (Phi) is 7.30. The van der Waals surface area contributed by atoms with E-state index in [1.54, 1.807) is 37.3 Å². The summed E-state index contributed by atoms with van der Waals surface area (Å²) in [5.41, 5.74) is 0.743. The van der Waals surface area contributed by atoms with Crippen LogP contribution in [-0.2, 0) is 14.8 Å². The number of carbonyl (C=O) groups is 1. The molecule has 0 bridgehead atoms. The molecule has 0 saturated carbocycles. The monoisotopic (exact) mass is 413 g/mol. The lowest BCUT2D eigenvalue weighted by Gasteiger charge is -2.34. The van der Waals surface area contributed by atoms with E-state index in [4.69, 9.17) is 9.47 Å². The number of nitrogens with one attached hydrogen (secondary N) is 1. The Balaban J connectivity index is 2.42. The highest BCUT2D eigenvalue weighted by Crippen LogP contribution is 2.27. The molecule has 0 spiro atoms. The van der Waals surface area contributed by atoms with Gasteiger partial charge in [0.2, 0.25) is 10.0 Å². The Morgan fingerprint density at radius 3 is 2.50 bits per heavy atom. The van der Waals surface area contributed by atoms with Gasteiger partial charge in [-0.05, 0) is 32.0 Å². The maximum Gasteiger partial charge on any atom is 0.257 e. The first-order valence-corrected chi connectivity index (χ1v) is 11.1. The van der Waals surface area contributed by atoms with E-state index in [1.165, 1.54) is 0 Å². The molecule has 0 aliphatic carbocycles. The zero-order chi connectivity index (χ0) is 21.1. The van der Waals surface area contributed by atoms with Crippen LogP contribution in [0.4, 0.5) is 5.69 Å². The Labute approximate surface area is 167 Å². The van der Waals surface area contributed by atoms with Gasteiger partial charge in [-0.3, -0.25) is 14.4 Å². The van der Waals surface area contributed by atoms with Crippen molar-refractivity contribution in [2.24, 2.45) is 5.92 Å². The van der Waals surface area contributed by atoms with Crippen molar-refractivity contribution < 1.29 is 22.7 Å². The van der Waals surface area contributed by atoms with Crippen LogP contribution in [0, 0.1) is 5.92 Å². The van der Waals surface area contributed by atoms with Crippen LogP contribution in [0.15, 0.2) is 18.2 Å². The number of ether oxygens (including phenoxy) is 2. The standard InChI is InChI=1S/C19H31N3O5S/c1-13-10-21(3)14(2)12-27-17-9-15(20-28(6,24)25)7-8-16(17)19(23)22(4)11-18(13)26-5/h7-9,13-14,18,20H,10-12H2,1-6H3/t13-,14-,18-/m0/s1. The van der Waals surface area contributed by atoms with Crippen LogP contribution < -0.4 is 9.46 Å². The highest BCUT2D eigenvalue weighted by Gasteiger charge is 2.27. The van der Waals surface area contributed by atoms with Crippen LogP contribution in [0.1, 0.15) is 24.2 Å². The fourth-order valence-electron chi connectivity index (χ4n) is 3.23. The Morgan fingerprint density at radius 2 is 1.89 bits per heavy atom. The molecule has 28 heavy (non-hydrogen) atoms. The van der Waals surface area contributed by atoms with E-state index in [2.05, 4.69) is 16.5 Å². The summed E-state index contributed by atoms with van der Waals surface area (Å²) in [4.78, 5) is 16.8. The predicted molar refractivity (Wildman–Crippen MR) is 109 cm³/mol. The summed E-state index contributed by atoms with van der Waals surface area (Å²) in [5.74, 6) is 0.387. The second-order valence-corrected chi connectivity index (χ2v) is 9.37. The normalized spacial score (nSPS) is 25.3. The topological polar surface area (TPSA) is 88.2 Å². The van der Waals surface area contributed by atoms with Gasteiger partial charge < -0.3 is 14.4 Å². The third-order valence-corrected chi connectivity index (χ3v) is 5.67. The van der Waals surface area contributed by atoms with Gasteiger partial charge in [-0.25, -0.2) is 8.42 Å². The lowest BCUT2D eigenvalue weighted by molar-refractivity contribution is 0.0150. The Bertz CT molecular complexity index is 799. The van der Waals surface area contributed by atoms with Crippen molar-refractivity contribution in [1.29, 1.82) is 0 Å². The molecule has 1 N–H and O–H groups in total. The zero-order valence-corrected chi connectivity index (χ0v) is 18.2. The molecule has 1 aliphatic heterocycles. The predicted octanol–water partition coefficient (Wildman–Crippen LogP) is 1.49. The van der Waals surface area contributed by atoms with E-state index in [1.807, 2.05) is 14.0 Å².